The number of morpholine rings is 1. The Kier molecular flexibility index (Phi) is 4.08. The van der Waals surface area contributed by atoms with Gasteiger partial charge in [0.2, 0.25) is 0 Å². The summed E-state index contributed by atoms with van der Waals surface area (Å²) in [5.41, 5.74) is 7.90. The van der Waals surface area contributed by atoms with E-state index in [1.807, 2.05) is 11.7 Å². The number of nitrogens with zero attached hydrogens (tertiary/aromatic N) is 3. The molecule has 0 spiro atoms. The lowest BCUT2D eigenvalue weighted by Gasteiger charge is -2.33. The number of aromatic nitrogens is 2. The summed E-state index contributed by atoms with van der Waals surface area (Å²) in [7, 11) is 1.91. The first kappa shape index (κ1) is 13.2. The van der Waals surface area contributed by atoms with Crippen molar-refractivity contribution in [2.45, 2.75) is 25.9 Å². The minimum atomic E-state index is -0.136. The summed E-state index contributed by atoms with van der Waals surface area (Å²) in [5, 5.41) is 13.7. The van der Waals surface area contributed by atoms with Crippen molar-refractivity contribution in [3.8, 4) is 0 Å². The molecule has 1 aromatic heterocycles. The lowest BCUT2D eigenvalue weighted by Crippen LogP contribution is -2.45. The highest BCUT2D eigenvalue weighted by molar-refractivity contribution is 5.66. The highest BCUT2D eigenvalue weighted by atomic mass is 16.5. The first-order valence-electron chi connectivity index (χ1n) is 6.46. The average molecular weight is 254 g/mol. The van der Waals surface area contributed by atoms with Gasteiger partial charge >= 0.3 is 0 Å². The Morgan fingerprint density at radius 1 is 1.56 bits per heavy atom. The number of hydrogen-bond donors (Lipinski definition) is 2. The predicted molar refractivity (Wildman–Crippen MR) is 70.7 cm³/mol. The van der Waals surface area contributed by atoms with Crippen molar-refractivity contribution in [2.75, 3.05) is 36.9 Å². The molecule has 3 N–H and O–H groups in total. The van der Waals surface area contributed by atoms with Crippen LogP contribution >= 0.6 is 0 Å². The lowest BCUT2D eigenvalue weighted by atomic mass is 10.2. The van der Waals surface area contributed by atoms with E-state index >= 15 is 0 Å². The molecule has 102 valence electrons. The van der Waals surface area contributed by atoms with Gasteiger partial charge in [-0.15, -0.1) is 0 Å². The number of rotatable bonds is 4. The fourth-order valence-electron chi connectivity index (χ4n) is 2.40. The van der Waals surface area contributed by atoms with Gasteiger partial charge in [0.25, 0.3) is 0 Å². The van der Waals surface area contributed by atoms with E-state index in [1.165, 1.54) is 0 Å². The van der Waals surface area contributed by atoms with Gasteiger partial charge < -0.3 is 20.5 Å². The molecule has 18 heavy (non-hydrogen) atoms. The Hall–Kier alpha value is -1.27. The lowest BCUT2D eigenvalue weighted by molar-refractivity contribution is 0.00323. The van der Waals surface area contributed by atoms with Crippen molar-refractivity contribution < 1.29 is 9.84 Å². The number of aliphatic hydroxyl groups is 1. The van der Waals surface area contributed by atoms with Crippen molar-refractivity contribution in [2.24, 2.45) is 7.05 Å². The van der Waals surface area contributed by atoms with Crippen LogP contribution in [0.4, 0.5) is 11.5 Å². The van der Waals surface area contributed by atoms with Crippen LogP contribution in [0.15, 0.2) is 0 Å². The van der Waals surface area contributed by atoms with Crippen LogP contribution in [0.2, 0.25) is 0 Å². The van der Waals surface area contributed by atoms with Gasteiger partial charge in [-0.1, -0.05) is 13.3 Å². The molecule has 1 aromatic rings. The molecule has 1 unspecified atom stereocenters. The summed E-state index contributed by atoms with van der Waals surface area (Å²) >= 11 is 0. The van der Waals surface area contributed by atoms with Crippen LogP contribution in [0.25, 0.3) is 0 Å². The Bertz CT molecular complexity index is 405. The van der Waals surface area contributed by atoms with E-state index in [1.54, 1.807) is 0 Å². The maximum atomic E-state index is 9.18. The smallest absolute Gasteiger partial charge is 0.150 e. The van der Waals surface area contributed by atoms with E-state index in [0.29, 0.717) is 13.2 Å². The molecular weight excluding hydrogens is 232 g/mol. The molecule has 1 aliphatic heterocycles. The van der Waals surface area contributed by atoms with Crippen LogP contribution in [-0.2, 0) is 18.2 Å². The third-order valence-corrected chi connectivity index (χ3v) is 3.26. The molecule has 0 saturated carbocycles. The second-order valence-electron chi connectivity index (χ2n) is 4.68. The molecule has 1 saturated heterocycles. The molecule has 6 heteroatoms. The van der Waals surface area contributed by atoms with Gasteiger partial charge in [-0.25, -0.2) is 0 Å². The molecule has 0 aromatic carbocycles. The minimum Gasteiger partial charge on any atom is -0.394 e. The van der Waals surface area contributed by atoms with Crippen molar-refractivity contribution in [3.63, 3.8) is 0 Å². The summed E-state index contributed by atoms with van der Waals surface area (Å²) in [6, 6.07) is 0. The minimum absolute atomic E-state index is 0.0378. The maximum absolute atomic E-state index is 9.18. The van der Waals surface area contributed by atoms with Gasteiger partial charge in [0.1, 0.15) is 0 Å². The summed E-state index contributed by atoms with van der Waals surface area (Å²) in [5.74, 6) is 0.945. The first-order valence-corrected chi connectivity index (χ1v) is 6.46. The number of aliphatic hydroxyl groups excluding tert-OH is 1. The zero-order chi connectivity index (χ0) is 13.1. The quantitative estimate of drug-likeness (QED) is 0.800. The second kappa shape index (κ2) is 5.58. The zero-order valence-corrected chi connectivity index (χ0v) is 11.1. The Balaban J connectivity index is 2.21. The van der Waals surface area contributed by atoms with Crippen LogP contribution in [0, 0.1) is 0 Å². The number of aryl methyl sites for hydroxylation is 2. The van der Waals surface area contributed by atoms with Gasteiger partial charge in [-0.05, 0) is 6.42 Å². The van der Waals surface area contributed by atoms with Crippen LogP contribution in [0.1, 0.15) is 19.0 Å². The molecule has 0 radical (unpaired) electrons. The SMILES string of the molecule is CCCc1nn(C)c(N2CCOC(CO)C2)c1N. The Morgan fingerprint density at radius 3 is 3.00 bits per heavy atom. The zero-order valence-electron chi connectivity index (χ0n) is 11.1. The Morgan fingerprint density at radius 2 is 2.33 bits per heavy atom. The highest BCUT2D eigenvalue weighted by Crippen LogP contribution is 2.28. The fourth-order valence-corrected chi connectivity index (χ4v) is 2.40. The summed E-state index contributed by atoms with van der Waals surface area (Å²) in [6.45, 7) is 4.21. The first-order chi connectivity index (χ1) is 8.67. The van der Waals surface area contributed by atoms with Crippen molar-refractivity contribution in [1.82, 2.24) is 9.78 Å². The number of ether oxygens (including phenoxy) is 1. The van der Waals surface area contributed by atoms with Gasteiger partial charge in [-0.2, -0.15) is 5.10 Å². The molecule has 1 fully saturated rings. The van der Waals surface area contributed by atoms with Crippen molar-refractivity contribution in [3.05, 3.63) is 5.69 Å². The molecule has 1 aliphatic rings. The topological polar surface area (TPSA) is 76.5 Å². The van der Waals surface area contributed by atoms with Gasteiger partial charge in [0.15, 0.2) is 5.82 Å². The molecule has 1 atom stereocenters. The van der Waals surface area contributed by atoms with Crippen LogP contribution in [-0.4, -0.2) is 47.3 Å². The molecule has 2 heterocycles. The largest absolute Gasteiger partial charge is 0.394 e. The monoisotopic (exact) mass is 254 g/mol. The number of anilines is 2. The summed E-state index contributed by atoms with van der Waals surface area (Å²) in [6.07, 6.45) is 1.79. The molecule has 0 amide bonds. The van der Waals surface area contributed by atoms with Gasteiger partial charge in [-0.3, -0.25) is 4.68 Å². The van der Waals surface area contributed by atoms with Crippen molar-refractivity contribution >= 4 is 11.5 Å². The second-order valence-corrected chi connectivity index (χ2v) is 4.68. The van der Waals surface area contributed by atoms with Crippen LogP contribution in [0.5, 0.6) is 0 Å². The average Bonchev–Trinajstić information content (AvgIpc) is 2.65. The van der Waals surface area contributed by atoms with Gasteiger partial charge in [0.05, 0.1) is 30.7 Å². The van der Waals surface area contributed by atoms with E-state index in [0.717, 1.165) is 36.6 Å². The molecule has 6 nitrogen and oxygen atoms in total. The summed E-state index contributed by atoms with van der Waals surface area (Å²) in [4.78, 5) is 2.14. The molecular formula is C12H22N4O2. The highest BCUT2D eigenvalue weighted by Gasteiger charge is 2.25. The number of nitrogen functional groups attached to an aromatic ring is 1. The normalized spacial score (nSPS) is 20.4. The van der Waals surface area contributed by atoms with E-state index in [-0.39, 0.29) is 12.7 Å². The fraction of sp³-hybridized carbons (Fsp3) is 0.750. The Labute approximate surface area is 107 Å². The molecule has 0 aliphatic carbocycles. The third-order valence-electron chi connectivity index (χ3n) is 3.26. The maximum Gasteiger partial charge on any atom is 0.150 e. The van der Waals surface area contributed by atoms with E-state index in [2.05, 4.69) is 16.9 Å². The predicted octanol–water partition coefficient (Wildman–Crippen LogP) is 0.152. The van der Waals surface area contributed by atoms with E-state index in [4.69, 9.17) is 10.5 Å². The van der Waals surface area contributed by atoms with Crippen molar-refractivity contribution in [1.29, 1.82) is 0 Å². The molecule has 0 bridgehead atoms. The number of hydrogen-bond acceptors (Lipinski definition) is 5. The van der Waals surface area contributed by atoms with Crippen LogP contribution in [0.3, 0.4) is 0 Å². The van der Waals surface area contributed by atoms with E-state index < -0.39 is 0 Å². The standard InChI is InChI=1S/C12H22N4O2/c1-3-4-10-11(13)12(15(2)14-10)16-5-6-18-9(7-16)8-17/h9,17H,3-8,13H2,1-2H3. The van der Waals surface area contributed by atoms with E-state index in [9.17, 15) is 5.11 Å². The number of nitrogens with two attached hydrogens (primary N) is 1. The molecule has 2 rings (SSSR count). The summed E-state index contributed by atoms with van der Waals surface area (Å²) < 4.78 is 7.28. The van der Waals surface area contributed by atoms with Crippen LogP contribution < -0.4 is 10.6 Å². The third kappa shape index (κ3) is 2.44. The van der Waals surface area contributed by atoms with Gasteiger partial charge in [0, 0.05) is 20.1 Å².